The van der Waals surface area contributed by atoms with Crippen LogP contribution in [0.3, 0.4) is 0 Å². The van der Waals surface area contributed by atoms with Crippen molar-refractivity contribution in [2.24, 2.45) is 0 Å². The van der Waals surface area contributed by atoms with Gasteiger partial charge in [0.15, 0.2) is 0 Å². The van der Waals surface area contributed by atoms with Crippen molar-refractivity contribution < 1.29 is 0 Å². The monoisotopic (exact) mass is 869 g/mol. The van der Waals surface area contributed by atoms with E-state index >= 15 is 0 Å². The normalized spacial score (nSPS) is 11.5. The largest absolute Gasteiger partial charge is 0.256 e. The van der Waals surface area contributed by atoms with Gasteiger partial charge in [0.2, 0.25) is 0 Å². The Kier molecular flexibility index (Phi) is 10.9. The lowest BCUT2D eigenvalue weighted by Gasteiger charge is -2.15. The molecule has 0 atom stereocenters. The molecule has 3 heteroatoms. The number of pyridine rings is 3. The zero-order valence-corrected chi connectivity index (χ0v) is 37.7. The molecule has 0 aliphatic rings. The number of aromatic nitrogens is 3. The van der Waals surface area contributed by atoms with Crippen molar-refractivity contribution >= 4 is 43.4 Å². The Morgan fingerprint density at radius 2 is 0.735 bits per heavy atom. The average molecular weight is 870 g/mol. The first-order chi connectivity index (χ1) is 33.6. The van der Waals surface area contributed by atoms with Crippen LogP contribution in [0.15, 0.2) is 237 Å². The van der Waals surface area contributed by atoms with E-state index < -0.39 is 0 Å². The van der Waals surface area contributed by atoms with Crippen molar-refractivity contribution in [3.8, 4) is 55.8 Å². The van der Waals surface area contributed by atoms with Crippen LogP contribution in [0.4, 0.5) is 0 Å². The number of aryl methyl sites for hydroxylation is 4. The molecule has 0 aliphatic heterocycles. The highest BCUT2D eigenvalue weighted by molar-refractivity contribution is 6.06. The molecule has 0 aliphatic carbocycles. The maximum Gasteiger partial charge on any atom is 0.0780 e. The lowest BCUT2D eigenvalue weighted by atomic mass is 9.89. The molecule has 68 heavy (non-hydrogen) atoms. The molecule has 0 radical (unpaired) electrons. The molecule has 3 aromatic heterocycles. The molecule has 0 spiro atoms. The topological polar surface area (TPSA) is 38.7 Å². The van der Waals surface area contributed by atoms with E-state index in [1.54, 1.807) is 0 Å². The van der Waals surface area contributed by atoms with Gasteiger partial charge in [0.25, 0.3) is 0 Å². The number of rotatable bonds is 11. The van der Waals surface area contributed by atoms with Gasteiger partial charge in [0, 0.05) is 45.7 Å². The van der Waals surface area contributed by atoms with E-state index in [1.165, 1.54) is 93.5 Å². The van der Waals surface area contributed by atoms with E-state index in [4.69, 9.17) is 15.0 Å². The molecule has 0 N–H and O–H groups in total. The first-order valence-electron chi connectivity index (χ1n) is 23.6. The first kappa shape index (κ1) is 40.9. The van der Waals surface area contributed by atoms with E-state index in [0.717, 1.165) is 53.5 Å². The van der Waals surface area contributed by atoms with Gasteiger partial charge in [-0.25, -0.2) is 0 Å². The van der Waals surface area contributed by atoms with E-state index in [-0.39, 0.29) is 0 Å². The summed E-state index contributed by atoms with van der Waals surface area (Å²) in [5.41, 5.74) is 19.2. The predicted octanol–water partition coefficient (Wildman–Crippen LogP) is 16.4. The standard InChI is InChI=1S/C65H47N3/c1-2-8-48(9-3-1)49-20-22-50(23-21-49)55-34-37-66-63(43-55)52-26-24-51(25-27-52)59-12-4-5-13-60(59)58-41-46(16-14-44-18-32-61-56(39-44)30-28-53-10-6-35-67-64(53)61)38-47(42-58)17-15-45-19-33-62-57(40-45)31-29-54-11-7-36-68-65(54)62/h1-13,18-43H,14-17H2. The molecular weight excluding hydrogens is 823 g/mol. The molecule has 0 saturated carbocycles. The Hall–Kier alpha value is -8.53. The second kappa shape index (κ2) is 18.0. The molecule has 0 saturated heterocycles. The van der Waals surface area contributed by atoms with Gasteiger partial charge in [-0.05, 0) is 127 Å². The second-order valence-electron chi connectivity index (χ2n) is 17.9. The van der Waals surface area contributed by atoms with E-state index in [9.17, 15) is 0 Å². The smallest absolute Gasteiger partial charge is 0.0780 e. The fourth-order valence-electron chi connectivity index (χ4n) is 10.0. The molecule has 0 unspecified atom stereocenters. The summed E-state index contributed by atoms with van der Waals surface area (Å²) in [6.45, 7) is 0. The first-order valence-corrected chi connectivity index (χ1v) is 23.6. The van der Waals surface area contributed by atoms with Crippen LogP contribution in [-0.2, 0) is 25.7 Å². The predicted molar refractivity (Wildman–Crippen MR) is 285 cm³/mol. The summed E-state index contributed by atoms with van der Waals surface area (Å²) in [6, 6.07) is 79.6. The molecular formula is C65H47N3. The lowest BCUT2D eigenvalue weighted by molar-refractivity contribution is 0.933. The number of fused-ring (bicyclic) bond motifs is 6. The third-order valence-electron chi connectivity index (χ3n) is 13.6. The summed E-state index contributed by atoms with van der Waals surface area (Å²) in [7, 11) is 0. The van der Waals surface area contributed by atoms with Crippen molar-refractivity contribution in [2.75, 3.05) is 0 Å². The Morgan fingerprint density at radius 3 is 1.34 bits per heavy atom. The minimum atomic E-state index is 0.939. The third-order valence-corrected chi connectivity index (χ3v) is 13.6. The molecule has 12 rings (SSSR count). The summed E-state index contributed by atoms with van der Waals surface area (Å²) in [5, 5.41) is 7.22. The SMILES string of the molecule is c1ccc(-c2ccc(-c3ccnc(-c4ccc(-c5ccccc5-c5cc(CCc6ccc7c(ccc8cccnc87)c6)cc(CCc6ccc7c(ccc8cccnc87)c6)c5)cc4)c3)cc2)cc1. The molecule has 322 valence electrons. The van der Waals surface area contributed by atoms with Crippen LogP contribution >= 0.6 is 0 Å². The van der Waals surface area contributed by atoms with Gasteiger partial charge in [-0.3, -0.25) is 15.0 Å². The van der Waals surface area contributed by atoms with Crippen LogP contribution < -0.4 is 0 Å². The molecule has 0 fully saturated rings. The maximum absolute atomic E-state index is 4.81. The minimum Gasteiger partial charge on any atom is -0.256 e. The van der Waals surface area contributed by atoms with Crippen LogP contribution in [-0.4, -0.2) is 15.0 Å². The van der Waals surface area contributed by atoms with Gasteiger partial charge >= 0.3 is 0 Å². The van der Waals surface area contributed by atoms with E-state index in [1.807, 2.05) is 30.7 Å². The molecule has 3 nitrogen and oxygen atoms in total. The van der Waals surface area contributed by atoms with Gasteiger partial charge in [-0.2, -0.15) is 0 Å². The van der Waals surface area contributed by atoms with Gasteiger partial charge < -0.3 is 0 Å². The summed E-state index contributed by atoms with van der Waals surface area (Å²) < 4.78 is 0. The van der Waals surface area contributed by atoms with Gasteiger partial charge in [-0.15, -0.1) is 0 Å². The summed E-state index contributed by atoms with van der Waals surface area (Å²) in [5.74, 6) is 0. The van der Waals surface area contributed by atoms with Crippen LogP contribution in [0, 0.1) is 0 Å². The van der Waals surface area contributed by atoms with E-state index in [0.29, 0.717) is 0 Å². The number of benzene rings is 9. The number of hydrogen-bond acceptors (Lipinski definition) is 3. The fraction of sp³-hybridized carbons (Fsp3) is 0.0615. The Morgan fingerprint density at radius 1 is 0.250 bits per heavy atom. The molecule has 0 bridgehead atoms. The van der Waals surface area contributed by atoms with Crippen LogP contribution in [0.1, 0.15) is 22.3 Å². The molecule has 9 aromatic carbocycles. The maximum atomic E-state index is 4.81. The second-order valence-corrected chi connectivity index (χ2v) is 17.9. The highest BCUT2D eigenvalue weighted by atomic mass is 14.7. The fourth-order valence-corrected chi connectivity index (χ4v) is 10.0. The molecule has 0 amide bonds. The zero-order chi connectivity index (χ0) is 45.2. The summed E-state index contributed by atoms with van der Waals surface area (Å²) in [6.07, 6.45) is 9.46. The van der Waals surface area contributed by atoms with Crippen molar-refractivity contribution in [1.82, 2.24) is 15.0 Å². The van der Waals surface area contributed by atoms with Gasteiger partial charge in [-0.1, -0.05) is 194 Å². The van der Waals surface area contributed by atoms with Crippen molar-refractivity contribution in [3.63, 3.8) is 0 Å². The number of hydrogen-bond donors (Lipinski definition) is 0. The highest BCUT2D eigenvalue weighted by Crippen LogP contribution is 2.36. The van der Waals surface area contributed by atoms with Crippen LogP contribution in [0.5, 0.6) is 0 Å². The summed E-state index contributed by atoms with van der Waals surface area (Å²) >= 11 is 0. The minimum absolute atomic E-state index is 0.939. The Balaban J connectivity index is 0.842. The third kappa shape index (κ3) is 8.31. The van der Waals surface area contributed by atoms with Crippen molar-refractivity contribution in [1.29, 1.82) is 0 Å². The molecule has 3 heterocycles. The Labute approximate surface area is 397 Å². The van der Waals surface area contributed by atoms with E-state index in [2.05, 4.69) is 206 Å². The van der Waals surface area contributed by atoms with Crippen LogP contribution in [0.25, 0.3) is 99.1 Å². The highest BCUT2D eigenvalue weighted by Gasteiger charge is 2.13. The van der Waals surface area contributed by atoms with Crippen molar-refractivity contribution in [2.45, 2.75) is 25.7 Å². The zero-order valence-electron chi connectivity index (χ0n) is 37.7. The summed E-state index contributed by atoms with van der Waals surface area (Å²) in [4.78, 5) is 14.2. The molecule has 12 aromatic rings. The average Bonchev–Trinajstić information content (AvgIpc) is 3.42. The lowest BCUT2D eigenvalue weighted by Crippen LogP contribution is -1.98. The number of nitrogens with zero attached hydrogens (tertiary/aromatic N) is 3. The van der Waals surface area contributed by atoms with Crippen molar-refractivity contribution in [3.05, 3.63) is 259 Å². The van der Waals surface area contributed by atoms with Gasteiger partial charge in [0.05, 0.1) is 16.7 Å². The Bertz CT molecular complexity index is 3640. The van der Waals surface area contributed by atoms with Crippen LogP contribution in [0.2, 0.25) is 0 Å². The quantitative estimate of drug-likeness (QED) is 0.122. The van der Waals surface area contributed by atoms with Gasteiger partial charge in [0.1, 0.15) is 0 Å².